The Hall–Kier alpha value is -1.89. The number of hydrogen-bond donors (Lipinski definition) is 0. The molecule has 0 unspecified atom stereocenters. The molecule has 0 radical (unpaired) electrons. The van der Waals surface area contributed by atoms with E-state index in [1.807, 2.05) is 19.1 Å². The molecule has 0 saturated carbocycles. The summed E-state index contributed by atoms with van der Waals surface area (Å²) in [4.78, 5) is 17.0. The zero-order chi connectivity index (χ0) is 10.6. The van der Waals surface area contributed by atoms with E-state index in [1.165, 1.54) is 4.90 Å². The van der Waals surface area contributed by atoms with Crippen molar-refractivity contribution >= 4 is 5.91 Å². The van der Waals surface area contributed by atoms with Crippen LogP contribution < -0.4 is 0 Å². The number of carbonyl (C=O) groups excluding carboxylic acids is 1. The fourth-order valence-corrected chi connectivity index (χ4v) is 1.07. The summed E-state index contributed by atoms with van der Waals surface area (Å²) in [5.41, 5.74) is 1.23. The maximum absolute atomic E-state index is 11.7. The number of hydrogen-bond acceptors (Lipinski definition) is 3. The van der Waals surface area contributed by atoms with Gasteiger partial charge in [-0.2, -0.15) is 5.26 Å². The molecule has 1 aromatic rings. The van der Waals surface area contributed by atoms with Gasteiger partial charge < -0.3 is 4.90 Å². The highest BCUT2D eigenvalue weighted by atomic mass is 16.2. The number of nitriles is 1. The largest absolute Gasteiger partial charge is 0.327 e. The van der Waals surface area contributed by atoms with Gasteiger partial charge in [0.25, 0.3) is 5.91 Å². The Morgan fingerprint density at radius 1 is 1.71 bits per heavy atom. The van der Waals surface area contributed by atoms with Crippen molar-refractivity contribution < 1.29 is 4.79 Å². The highest BCUT2D eigenvalue weighted by Gasteiger charge is 2.14. The minimum absolute atomic E-state index is 0.0782. The molecular weight excluding hydrogens is 178 g/mol. The second-order valence-corrected chi connectivity index (χ2v) is 2.99. The molecule has 0 aliphatic carbocycles. The Morgan fingerprint density at radius 2 is 2.43 bits per heavy atom. The second kappa shape index (κ2) is 4.38. The molecule has 0 aromatic carbocycles. The van der Waals surface area contributed by atoms with Gasteiger partial charge in [0.2, 0.25) is 0 Å². The van der Waals surface area contributed by atoms with E-state index < -0.39 is 0 Å². The molecule has 4 nitrogen and oxygen atoms in total. The maximum Gasteiger partial charge on any atom is 0.273 e. The molecule has 14 heavy (non-hydrogen) atoms. The smallest absolute Gasteiger partial charge is 0.273 e. The molecule has 0 saturated heterocycles. The number of aryl methyl sites for hydroxylation is 1. The second-order valence-electron chi connectivity index (χ2n) is 2.99. The summed E-state index contributed by atoms with van der Waals surface area (Å²) in [6.07, 6.45) is 1.57. The lowest BCUT2D eigenvalue weighted by Gasteiger charge is -2.13. The van der Waals surface area contributed by atoms with E-state index in [4.69, 9.17) is 5.26 Å². The zero-order valence-electron chi connectivity index (χ0n) is 8.19. The van der Waals surface area contributed by atoms with Crippen molar-refractivity contribution in [2.24, 2.45) is 0 Å². The molecule has 0 atom stereocenters. The summed E-state index contributed by atoms with van der Waals surface area (Å²) < 4.78 is 0. The monoisotopic (exact) mass is 189 g/mol. The molecule has 0 N–H and O–H groups in total. The van der Waals surface area contributed by atoms with Crippen LogP contribution in [0.2, 0.25) is 0 Å². The molecule has 1 amide bonds. The van der Waals surface area contributed by atoms with Crippen molar-refractivity contribution in [2.75, 3.05) is 13.6 Å². The number of nitrogens with zero attached hydrogens (tertiary/aromatic N) is 3. The minimum atomic E-state index is -0.218. The van der Waals surface area contributed by atoms with Crippen LogP contribution >= 0.6 is 0 Å². The molecule has 1 heterocycles. The van der Waals surface area contributed by atoms with Crippen molar-refractivity contribution in [3.63, 3.8) is 0 Å². The van der Waals surface area contributed by atoms with Gasteiger partial charge >= 0.3 is 0 Å². The SMILES string of the molecule is Cc1cccnc1C(=O)N(C)CC#N. The van der Waals surface area contributed by atoms with Gasteiger partial charge in [-0.15, -0.1) is 0 Å². The number of aromatic nitrogens is 1. The fourth-order valence-electron chi connectivity index (χ4n) is 1.07. The highest BCUT2D eigenvalue weighted by molar-refractivity contribution is 5.93. The molecule has 72 valence electrons. The van der Waals surface area contributed by atoms with E-state index >= 15 is 0 Å². The molecule has 0 fully saturated rings. The number of rotatable bonds is 2. The first kappa shape index (κ1) is 10.2. The maximum atomic E-state index is 11.7. The molecule has 0 spiro atoms. The van der Waals surface area contributed by atoms with Gasteiger partial charge in [-0.05, 0) is 18.6 Å². The first-order valence-corrected chi connectivity index (χ1v) is 4.21. The van der Waals surface area contributed by atoms with Crippen LogP contribution in [-0.2, 0) is 0 Å². The van der Waals surface area contributed by atoms with E-state index in [1.54, 1.807) is 19.3 Å². The fraction of sp³-hybridized carbons (Fsp3) is 0.300. The summed E-state index contributed by atoms with van der Waals surface area (Å²) in [7, 11) is 1.58. The van der Waals surface area contributed by atoms with Crippen LogP contribution in [0.15, 0.2) is 18.3 Å². The highest BCUT2D eigenvalue weighted by Crippen LogP contribution is 2.05. The van der Waals surface area contributed by atoms with Crippen LogP contribution in [0.4, 0.5) is 0 Å². The van der Waals surface area contributed by atoms with E-state index in [9.17, 15) is 4.79 Å². The van der Waals surface area contributed by atoms with Gasteiger partial charge in [-0.1, -0.05) is 6.07 Å². The summed E-state index contributed by atoms with van der Waals surface area (Å²) in [6, 6.07) is 5.51. The predicted molar refractivity (Wildman–Crippen MR) is 51.5 cm³/mol. The van der Waals surface area contributed by atoms with Crippen LogP contribution in [0, 0.1) is 18.3 Å². The first-order chi connectivity index (χ1) is 6.66. The first-order valence-electron chi connectivity index (χ1n) is 4.21. The quantitative estimate of drug-likeness (QED) is 0.652. The van der Waals surface area contributed by atoms with Crippen molar-refractivity contribution in [1.82, 2.24) is 9.88 Å². The van der Waals surface area contributed by atoms with E-state index in [0.29, 0.717) is 5.69 Å². The van der Waals surface area contributed by atoms with Gasteiger partial charge in [-0.3, -0.25) is 9.78 Å². The zero-order valence-corrected chi connectivity index (χ0v) is 8.19. The molecule has 1 rings (SSSR count). The third kappa shape index (κ3) is 2.07. The Morgan fingerprint density at radius 3 is 3.00 bits per heavy atom. The van der Waals surface area contributed by atoms with Crippen molar-refractivity contribution in [3.05, 3.63) is 29.6 Å². The summed E-state index contributed by atoms with van der Waals surface area (Å²) in [6.45, 7) is 1.90. The van der Waals surface area contributed by atoms with Gasteiger partial charge in [0, 0.05) is 13.2 Å². The Labute approximate surface area is 82.8 Å². The van der Waals surface area contributed by atoms with Crippen molar-refractivity contribution in [3.8, 4) is 6.07 Å². The van der Waals surface area contributed by atoms with Crippen LogP contribution in [0.3, 0.4) is 0 Å². The lowest BCUT2D eigenvalue weighted by Crippen LogP contribution is -2.28. The molecule has 0 aliphatic rings. The normalized spacial score (nSPS) is 9.21. The van der Waals surface area contributed by atoms with E-state index in [2.05, 4.69) is 4.98 Å². The third-order valence-corrected chi connectivity index (χ3v) is 1.87. The Bertz CT molecular complexity index is 381. The molecule has 1 aromatic heterocycles. The third-order valence-electron chi connectivity index (χ3n) is 1.87. The summed E-state index contributed by atoms with van der Waals surface area (Å²) >= 11 is 0. The average Bonchev–Trinajstić information content (AvgIpc) is 2.18. The van der Waals surface area contributed by atoms with E-state index in [0.717, 1.165) is 5.56 Å². The predicted octanol–water partition coefficient (Wildman–Crippen LogP) is 0.986. The van der Waals surface area contributed by atoms with Crippen LogP contribution in [0.25, 0.3) is 0 Å². The topological polar surface area (TPSA) is 57.0 Å². The number of amides is 1. The minimum Gasteiger partial charge on any atom is -0.327 e. The molecule has 4 heteroatoms. The Balaban J connectivity index is 2.91. The van der Waals surface area contributed by atoms with Gasteiger partial charge in [0.05, 0.1) is 6.07 Å². The van der Waals surface area contributed by atoms with Gasteiger partial charge in [-0.25, -0.2) is 0 Å². The summed E-state index contributed by atoms with van der Waals surface area (Å²) in [5.74, 6) is -0.218. The van der Waals surface area contributed by atoms with Gasteiger partial charge in [0.15, 0.2) is 0 Å². The molecular formula is C10H11N3O. The van der Waals surface area contributed by atoms with Crippen LogP contribution in [0.1, 0.15) is 16.1 Å². The van der Waals surface area contributed by atoms with Crippen LogP contribution in [-0.4, -0.2) is 29.4 Å². The standard InChI is InChI=1S/C10H11N3O/c1-8-4-3-6-12-9(8)10(14)13(2)7-5-11/h3-4,6H,7H2,1-2H3. The van der Waals surface area contributed by atoms with Gasteiger partial charge in [0.1, 0.15) is 12.2 Å². The van der Waals surface area contributed by atoms with E-state index in [-0.39, 0.29) is 12.5 Å². The number of pyridine rings is 1. The molecule has 0 aliphatic heterocycles. The Kier molecular flexibility index (Phi) is 3.19. The lowest BCUT2D eigenvalue weighted by molar-refractivity contribution is 0.0805. The van der Waals surface area contributed by atoms with Crippen molar-refractivity contribution in [2.45, 2.75) is 6.92 Å². The summed E-state index contributed by atoms with van der Waals surface area (Å²) in [5, 5.41) is 8.44. The number of carbonyl (C=O) groups is 1. The van der Waals surface area contributed by atoms with Crippen molar-refractivity contribution in [1.29, 1.82) is 5.26 Å². The lowest BCUT2D eigenvalue weighted by atomic mass is 10.2. The van der Waals surface area contributed by atoms with Crippen LogP contribution in [0.5, 0.6) is 0 Å². The average molecular weight is 189 g/mol. The molecule has 0 bridgehead atoms.